The Bertz CT molecular complexity index is 88.1. The quantitative estimate of drug-likeness (QED) is 0.467. The average molecular weight is 154 g/mol. The highest BCUT2D eigenvalue weighted by Gasteiger charge is 1.98. The van der Waals surface area contributed by atoms with Crippen molar-refractivity contribution in [2.75, 3.05) is 19.5 Å². The van der Waals surface area contributed by atoms with Crippen molar-refractivity contribution in [2.24, 2.45) is 0 Å². The number of hydrogen-bond donors (Lipinski definition) is 1. The third-order valence-electron chi connectivity index (χ3n) is 0.746. The number of carbonyl (C=O) groups excluding carboxylic acids is 1. The summed E-state index contributed by atoms with van der Waals surface area (Å²) in [5.41, 5.74) is 0. The first kappa shape index (κ1) is 8.11. The maximum atomic E-state index is 10.3. The van der Waals surface area contributed by atoms with Crippen molar-refractivity contribution in [3.05, 3.63) is 0 Å². The minimum Gasteiger partial charge on any atom is -0.336 e. The van der Waals surface area contributed by atoms with Crippen LogP contribution < -0.4 is 0 Å². The molecule has 0 aromatic carbocycles. The first-order chi connectivity index (χ1) is 3.68. The molecule has 0 saturated carbocycles. The van der Waals surface area contributed by atoms with Gasteiger partial charge < -0.3 is 4.90 Å². The topological polar surface area (TPSA) is 20.3 Å². The summed E-state index contributed by atoms with van der Waals surface area (Å²) in [7, 11) is 1.65. The van der Waals surface area contributed by atoms with Gasteiger partial charge in [0, 0.05) is 19.5 Å². The number of halogens is 1. The molecule has 0 spiro atoms. The van der Waals surface area contributed by atoms with Gasteiger partial charge in [-0.15, -0.1) is 11.6 Å². The standard InChI is InChI=1S/C4H8ClNOS/c1-6(3-2-5)4(7)8/h2-3H2,1H3,(H,7,8). The monoisotopic (exact) mass is 153 g/mol. The number of amides is 1. The Hall–Kier alpha value is 0.110. The van der Waals surface area contributed by atoms with Crippen LogP contribution in [0, 0.1) is 0 Å². The first-order valence-corrected chi connectivity index (χ1v) is 3.16. The lowest BCUT2D eigenvalue weighted by Gasteiger charge is -2.09. The predicted molar refractivity (Wildman–Crippen MR) is 37.7 cm³/mol. The van der Waals surface area contributed by atoms with Crippen molar-refractivity contribution in [3.63, 3.8) is 0 Å². The van der Waals surface area contributed by atoms with E-state index >= 15 is 0 Å². The number of hydrogen-bond acceptors (Lipinski definition) is 1. The fourth-order valence-electron chi connectivity index (χ4n) is 0.222. The van der Waals surface area contributed by atoms with Crippen molar-refractivity contribution in [3.8, 4) is 0 Å². The second-order valence-corrected chi connectivity index (χ2v) is 2.15. The lowest BCUT2D eigenvalue weighted by molar-refractivity contribution is 0.236. The zero-order valence-corrected chi connectivity index (χ0v) is 6.25. The molecule has 0 aromatic rings. The van der Waals surface area contributed by atoms with Crippen molar-refractivity contribution in [1.29, 1.82) is 0 Å². The van der Waals surface area contributed by atoms with Gasteiger partial charge in [0.05, 0.1) is 0 Å². The molecule has 48 valence electrons. The molecule has 0 atom stereocenters. The molecule has 0 aliphatic carbocycles. The summed E-state index contributed by atoms with van der Waals surface area (Å²) in [4.78, 5) is 11.7. The SMILES string of the molecule is CN(CCCl)C(=O)S. The van der Waals surface area contributed by atoms with E-state index in [0.29, 0.717) is 12.4 Å². The Balaban J connectivity index is 3.32. The van der Waals surface area contributed by atoms with Gasteiger partial charge in [-0.3, -0.25) is 4.79 Å². The second-order valence-electron chi connectivity index (χ2n) is 1.39. The lowest BCUT2D eigenvalue weighted by Crippen LogP contribution is -2.22. The molecular formula is C4H8ClNOS. The maximum absolute atomic E-state index is 10.3. The van der Waals surface area contributed by atoms with Crippen LogP contribution in [0.15, 0.2) is 0 Å². The summed E-state index contributed by atoms with van der Waals surface area (Å²) < 4.78 is 0. The molecule has 0 aromatic heterocycles. The summed E-state index contributed by atoms with van der Waals surface area (Å²) >= 11 is 8.87. The fourth-order valence-corrected chi connectivity index (χ4v) is 0.576. The van der Waals surface area contributed by atoms with Gasteiger partial charge in [0.15, 0.2) is 0 Å². The lowest BCUT2D eigenvalue weighted by atomic mass is 10.7. The maximum Gasteiger partial charge on any atom is 0.278 e. The van der Waals surface area contributed by atoms with Crippen LogP contribution in [0.25, 0.3) is 0 Å². The van der Waals surface area contributed by atoms with E-state index in [-0.39, 0.29) is 5.24 Å². The van der Waals surface area contributed by atoms with Crippen molar-refractivity contribution in [2.45, 2.75) is 0 Å². The summed E-state index contributed by atoms with van der Waals surface area (Å²) in [6.07, 6.45) is 0. The van der Waals surface area contributed by atoms with E-state index < -0.39 is 0 Å². The Morgan fingerprint density at radius 2 is 2.38 bits per heavy atom. The zero-order valence-electron chi connectivity index (χ0n) is 4.59. The van der Waals surface area contributed by atoms with Crippen LogP contribution >= 0.6 is 24.2 Å². The smallest absolute Gasteiger partial charge is 0.278 e. The summed E-state index contributed by atoms with van der Waals surface area (Å²) in [6, 6.07) is 0. The molecule has 0 aliphatic heterocycles. The van der Waals surface area contributed by atoms with Crippen LogP contribution in [-0.2, 0) is 0 Å². The van der Waals surface area contributed by atoms with Crippen molar-refractivity contribution in [1.82, 2.24) is 4.90 Å². The fraction of sp³-hybridized carbons (Fsp3) is 0.750. The Morgan fingerprint density at radius 1 is 1.88 bits per heavy atom. The highest BCUT2D eigenvalue weighted by molar-refractivity contribution is 7.96. The van der Waals surface area contributed by atoms with E-state index in [4.69, 9.17) is 11.6 Å². The van der Waals surface area contributed by atoms with Crippen LogP contribution in [0.5, 0.6) is 0 Å². The van der Waals surface area contributed by atoms with Gasteiger partial charge in [0.1, 0.15) is 0 Å². The Labute approximate surface area is 59.2 Å². The molecule has 0 bridgehead atoms. The number of nitrogens with zero attached hydrogens (tertiary/aromatic N) is 1. The van der Waals surface area contributed by atoms with Crippen LogP contribution in [0.4, 0.5) is 4.79 Å². The van der Waals surface area contributed by atoms with Crippen LogP contribution in [0.2, 0.25) is 0 Å². The van der Waals surface area contributed by atoms with E-state index in [0.717, 1.165) is 0 Å². The number of thiol groups is 1. The number of carbonyl (C=O) groups is 1. The molecule has 0 rings (SSSR count). The van der Waals surface area contributed by atoms with Gasteiger partial charge in [-0.05, 0) is 0 Å². The minimum absolute atomic E-state index is 0.245. The van der Waals surface area contributed by atoms with E-state index in [2.05, 4.69) is 12.6 Å². The summed E-state index contributed by atoms with van der Waals surface area (Å²) in [5, 5.41) is -0.245. The molecule has 0 aliphatic rings. The highest BCUT2D eigenvalue weighted by Crippen LogP contribution is 1.90. The third kappa shape index (κ3) is 3.16. The molecule has 0 N–H and O–H groups in total. The average Bonchev–Trinajstić information content (AvgIpc) is 1.67. The van der Waals surface area contributed by atoms with E-state index in [1.807, 2.05) is 0 Å². The largest absolute Gasteiger partial charge is 0.336 e. The number of rotatable bonds is 2. The van der Waals surface area contributed by atoms with Crippen LogP contribution in [0.1, 0.15) is 0 Å². The van der Waals surface area contributed by atoms with Gasteiger partial charge in [0.2, 0.25) is 0 Å². The van der Waals surface area contributed by atoms with Crippen LogP contribution in [0.3, 0.4) is 0 Å². The zero-order chi connectivity index (χ0) is 6.57. The molecule has 1 amide bonds. The molecule has 4 heteroatoms. The summed E-state index contributed by atoms with van der Waals surface area (Å²) in [5.74, 6) is 0.461. The second kappa shape index (κ2) is 4.04. The Morgan fingerprint density at radius 3 is 2.50 bits per heavy atom. The predicted octanol–water partition coefficient (Wildman–Crippen LogP) is 1.21. The Kier molecular flexibility index (Phi) is 4.09. The molecule has 2 nitrogen and oxygen atoms in total. The minimum atomic E-state index is -0.245. The van der Waals surface area contributed by atoms with Crippen LogP contribution in [-0.4, -0.2) is 29.6 Å². The molecule has 0 fully saturated rings. The van der Waals surface area contributed by atoms with E-state index in [9.17, 15) is 4.79 Å². The number of alkyl halides is 1. The van der Waals surface area contributed by atoms with Gasteiger partial charge in [-0.1, -0.05) is 12.6 Å². The molecule has 0 saturated heterocycles. The van der Waals surface area contributed by atoms with Crippen molar-refractivity contribution >= 4 is 29.5 Å². The molecular weight excluding hydrogens is 146 g/mol. The van der Waals surface area contributed by atoms with E-state index in [1.165, 1.54) is 4.90 Å². The molecule has 0 heterocycles. The summed E-state index contributed by atoms with van der Waals surface area (Å²) in [6.45, 7) is 0.559. The molecule has 0 radical (unpaired) electrons. The van der Waals surface area contributed by atoms with E-state index in [1.54, 1.807) is 7.05 Å². The van der Waals surface area contributed by atoms with Gasteiger partial charge in [0.25, 0.3) is 5.24 Å². The highest BCUT2D eigenvalue weighted by atomic mass is 35.5. The van der Waals surface area contributed by atoms with Gasteiger partial charge in [-0.25, -0.2) is 0 Å². The van der Waals surface area contributed by atoms with Crippen molar-refractivity contribution < 1.29 is 4.79 Å². The molecule has 8 heavy (non-hydrogen) atoms. The molecule has 0 unspecified atom stereocenters. The van der Waals surface area contributed by atoms with Gasteiger partial charge >= 0.3 is 0 Å². The van der Waals surface area contributed by atoms with Gasteiger partial charge in [-0.2, -0.15) is 0 Å². The normalized spacial score (nSPS) is 8.88. The third-order valence-corrected chi connectivity index (χ3v) is 1.26. The first-order valence-electron chi connectivity index (χ1n) is 2.18.